The predicted molar refractivity (Wildman–Crippen MR) is 135 cm³/mol. The first-order valence-electron chi connectivity index (χ1n) is 11.7. The number of carbonyl (C=O) groups excluding carboxylic acids is 1. The molecule has 2 N–H and O–H groups in total. The van der Waals surface area contributed by atoms with Gasteiger partial charge in [0, 0.05) is 37.9 Å². The molecular formula is C25H23F3N8O4. The van der Waals surface area contributed by atoms with E-state index < -0.39 is 12.1 Å². The van der Waals surface area contributed by atoms with E-state index in [1.807, 2.05) is 45.5 Å². The normalized spacial score (nSPS) is 11.1. The first-order valence-corrected chi connectivity index (χ1v) is 11.7. The van der Waals surface area contributed by atoms with Crippen LogP contribution in [0, 0.1) is 0 Å². The molecule has 0 fully saturated rings. The SMILES string of the molecule is COc1ccc(-n2nccc2-c2nc(C(=O)NCCCn3ccnc3)c3cnccn23)cc1.O=C(O)C(F)(F)F. The lowest BCUT2D eigenvalue weighted by molar-refractivity contribution is -0.192. The van der Waals surface area contributed by atoms with Gasteiger partial charge in [0.15, 0.2) is 11.5 Å². The number of nitrogens with zero attached hydrogens (tertiary/aromatic N) is 7. The zero-order valence-electron chi connectivity index (χ0n) is 21.0. The Morgan fingerprint density at radius 1 is 1.05 bits per heavy atom. The first-order chi connectivity index (χ1) is 19.2. The summed E-state index contributed by atoms with van der Waals surface area (Å²) in [6, 6.07) is 9.45. The Morgan fingerprint density at radius 2 is 1.77 bits per heavy atom. The molecule has 0 spiro atoms. The number of aromatic nitrogens is 7. The zero-order valence-corrected chi connectivity index (χ0v) is 21.0. The van der Waals surface area contributed by atoms with E-state index in [4.69, 9.17) is 19.6 Å². The van der Waals surface area contributed by atoms with E-state index in [-0.39, 0.29) is 5.91 Å². The van der Waals surface area contributed by atoms with E-state index >= 15 is 0 Å². The van der Waals surface area contributed by atoms with Crippen LogP contribution in [-0.4, -0.2) is 70.5 Å². The van der Waals surface area contributed by atoms with Crippen molar-refractivity contribution in [2.75, 3.05) is 13.7 Å². The summed E-state index contributed by atoms with van der Waals surface area (Å²) >= 11 is 0. The second-order valence-electron chi connectivity index (χ2n) is 8.15. The van der Waals surface area contributed by atoms with E-state index in [2.05, 4.69) is 20.4 Å². The van der Waals surface area contributed by atoms with Crippen LogP contribution < -0.4 is 10.1 Å². The van der Waals surface area contributed by atoms with E-state index in [1.165, 1.54) is 0 Å². The molecule has 5 aromatic rings. The number of amides is 1. The highest BCUT2D eigenvalue weighted by atomic mass is 19.4. The molecule has 0 atom stereocenters. The van der Waals surface area contributed by atoms with Crippen LogP contribution in [0.15, 0.2) is 73.8 Å². The summed E-state index contributed by atoms with van der Waals surface area (Å²) in [4.78, 5) is 34.8. The van der Waals surface area contributed by atoms with Gasteiger partial charge in [-0.25, -0.2) is 19.4 Å². The smallest absolute Gasteiger partial charge is 0.490 e. The predicted octanol–water partition coefficient (Wildman–Crippen LogP) is 3.24. The molecule has 5 rings (SSSR count). The van der Waals surface area contributed by atoms with E-state index in [0.29, 0.717) is 23.6 Å². The molecule has 40 heavy (non-hydrogen) atoms. The van der Waals surface area contributed by atoms with Crippen LogP contribution in [0.5, 0.6) is 5.75 Å². The molecule has 12 nitrogen and oxygen atoms in total. The number of alkyl halides is 3. The molecule has 0 radical (unpaired) electrons. The number of aliphatic carboxylic acids is 1. The minimum absolute atomic E-state index is 0.243. The van der Waals surface area contributed by atoms with Crippen LogP contribution in [0.25, 0.3) is 22.7 Å². The summed E-state index contributed by atoms with van der Waals surface area (Å²) in [6.45, 7) is 1.30. The Morgan fingerprint density at radius 3 is 2.42 bits per heavy atom. The van der Waals surface area contributed by atoms with Gasteiger partial charge in [0.1, 0.15) is 11.4 Å². The van der Waals surface area contributed by atoms with Gasteiger partial charge in [0.25, 0.3) is 5.91 Å². The van der Waals surface area contributed by atoms with Gasteiger partial charge in [-0.1, -0.05) is 0 Å². The number of nitrogens with one attached hydrogen (secondary N) is 1. The second kappa shape index (κ2) is 12.1. The fourth-order valence-electron chi connectivity index (χ4n) is 3.65. The van der Waals surface area contributed by atoms with Crippen molar-refractivity contribution in [3.63, 3.8) is 0 Å². The van der Waals surface area contributed by atoms with E-state index in [0.717, 1.165) is 30.1 Å². The molecule has 0 unspecified atom stereocenters. The van der Waals surface area contributed by atoms with Crippen LogP contribution in [-0.2, 0) is 11.3 Å². The van der Waals surface area contributed by atoms with Crippen molar-refractivity contribution >= 4 is 17.4 Å². The Kier molecular flexibility index (Phi) is 8.42. The number of imidazole rings is 2. The molecule has 0 saturated heterocycles. The standard InChI is InChI=1S/C23H22N8O2.C2HF3O2/c1-33-18-5-3-17(4-6-18)31-19(7-9-27-31)22-28-21(20-15-24-11-14-30(20)22)23(32)26-8-2-12-29-13-10-25-16-29;3-2(4,5)1(6)7/h3-7,9-11,13-16H,2,8,12H2,1H3,(H,26,32);(H,6,7). The van der Waals surface area contributed by atoms with Crippen molar-refractivity contribution in [2.45, 2.75) is 19.1 Å². The molecule has 0 aliphatic carbocycles. The van der Waals surface area contributed by atoms with Gasteiger partial charge in [0.2, 0.25) is 0 Å². The first kappa shape index (κ1) is 27.8. The molecule has 208 valence electrons. The third-order valence-corrected chi connectivity index (χ3v) is 5.53. The van der Waals surface area contributed by atoms with Crippen molar-refractivity contribution < 1.29 is 32.6 Å². The molecule has 0 saturated carbocycles. The largest absolute Gasteiger partial charge is 0.497 e. The van der Waals surface area contributed by atoms with Crippen LogP contribution in [0.3, 0.4) is 0 Å². The zero-order chi connectivity index (χ0) is 28.7. The fraction of sp³-hybridized carbons (Fsp3) is 0.200. The monoisotopic (exact) mass is 556 g/mol. The van der Waals surface area contributed by atoms with E-state index in [1.54, 1.807) is 49.1 Å². The maximum atomic E-state index is 13.0. The number of carboxylic acids is 1. The van der Waals surface area contributed by atoms with Crippen molar-refractivity contribution in [3.05, 3.63) is 79.5 Å². The van der Waals surface area contributed by atoms with Crippen LogP contribution in [0.4, 0.5) is 13.2 Å². The summed E-state index contributed by atoms with van der Waals surface area (Å²) in [5.41, 5.74) is 2.55. The third-order valence-electron chi connectivity index (χ3n) is 5.53. The Bertz CT molecular complexity index is 1580. The van der Waals surface area contributed by atoms with Gasteiger partial charge >= 0.3 is 12.1 Å². The van der Waals surface area contributed by atoms with Crippen molar-refractivity contribution in [1.82, 2.24) is 39.0 Å². The number of aryl methyl sites for hydroxylation is 1. The average molecular weight is 557 g/mol. The van der Waals surface area contributed by atoms with Gasteiger partial charge in [-0.3, -0.25) is 14.2 Å². The van der Waals surface area contributed by atoms with Gasteiger partial charge in [-0.15, -0.1) is 0 Å². The lowest BCUT2D eigenvalue weighted by Gasteiger charge is -2.08. The fourth-order valence-corrected chi connectivity index (χ4v) is 3.65. The quantitative estimate of drug-likeness (QED) is 0.278. The van der Waals surface area contributed by atoms with Crippen LogP contribution in [0.2, 0.25) is 0 Å². The lowest BCUT2D eigenvalue weighted by Crippen LogP contribution is -2.25. The number of hydrogen-bond acceptors (Lipinski definition) is 7. The summed E-state index contributed by atoms with van der Waals surface area (Å²) < 4.78 is 42.6. The number of methoxy groups -OCH3 is 1. The number of carbonyl (C=O) groups is 2. The molecule has 15 heteroatoms. The van der Waals surface area contributed by atoms with Gasteiger partial charge in [-0.2, -0.15) is 18.3 Å². The van der Waals surface area contributed by atoms with Gasteiger partial charge in [0.05, 0.1) is 37.0 Å². The topological polar surface area (TPSA) is 141 Å². The summed E-state index contributed by atoms with van der Waals surface area (Å²) in [6.07, 6.45) is 7.90. The van der Waals surface area contributed by atoms with Crippen molar-refractivity contribution in [2.24, 2.45) is 0 Å². The summed E-state index contributed by atoms with van der Waals surface area (Å²) in [7, 11) is 1.63. The van der Waals surface area contributed by atoms with Crippen LogP contribution in [0.1, 0.15) is 16.9 Å². The summed E-state index contributed by atoms with van der Waals surface area (Å²) in [5, 5.41) is 14.5. The number of benzene rings is 1. The molecule has 0 aliphatic heterocycles. The minimum atomic E-state index is -5.08. The molecular weight excluding hydrogens is 533 g/mol. The maximum Gasteiger partial charge on any atom is 0.490 e. The van der Waals surface area contributed by atoms with E-state index in [9.17, 15) is 18.0 Å². The molecule has 1 amide bonds. The molecule has 4 heterocycles. The number of hydrogen-bond donors (Lipinski definition) is 2. The molecule has 0 aliphatic rings. The highest BCUT2D eigenvalue weighted by molar-refractivity contribution is 5.99. The Labute approximate surface area is 224 Å². The molecule has 1 aromatic carbocycles. The molecule has 0 bridgehead atoms. The Hall–Kier alpha value is -5.21. The number of halogens is 3. The van der Waals surface area contributed by atoms with Crippen molar-refractivity contribution in [3.8, 4) is 23.0 Å². The minimum Gasteiger partial charge on any atom is -0.497 e. The lowest BCUT2D eigenvalue weighted by atomic mass is 10.3. The highest BCUT2D eigenvalue weighted by Gasteiger charge is 2.38. The van der Waals surface area contributed by atoms with Crippen molar-refractivity contribution in [1.29, 1.82) is 0 Å². The number of carboxylic acid groups (broad SMARTS) is 1. The van der Waals surface area contributed by atoms with Gasteiger partial charge in [-0.05, 0) is 36.8 Å². The van der Waals surface area contributed by atoms with Gasteiger partial charge < -0.3 is 19.7 Å². The maximum absolute atomic E-state index is 13.0. The highest BCUT2D eigenvalue weighted by Crippen LogP contribution is 2.25. The molecule has 4 aromatic heterocycles. The second-order valence-corrected chi connectivity index (χ2v) is 8.15. The number of ether oxygens (including phenoxy) is 1. The number of fused-ring (bicyclic) bond motifs is 1. The summed E-state index contributed by atoms with van der Waals surface area (Å²) in [5.74, 6) is -1.64. The van der Waals surface area contributed by atoms with Crippen LogP contribution >= 0.6 is 0 Å². The third kappa shape index (κ3) is 6.43. The average Bonchev–Trinajstić information content (AvgIpc) is 3.71. The Balaban J connectivity index is 0.000000470. The number of rotatable bonds is 8.